The van der Waals surface area contributed by atoms with E-state index < -0.39 is 0 Å². The first-order valence-electron chi connectivity index (χ1n) is 9.17. The molecule has 1 aromatic heterocycles. The van der Waals surface area contributed by atoms with Crippen LogP contribution in [0.25, 0.3) is 0 Å². The fourth-order valence-electron chi connectivity index (χ4n) is 3.34. The van der Waals surface area contributed by atoms with Gasteiger partial charge >= 0.3 is 0 Å². The van der Waals surface area contributed by atoms with Crippen LogP contribution in [0.2, 0.25) is 0 Å². The molecule has 0 aliphatic carbocycles. The van der Waals surface area contributed by atoms with Crippen LogP contribution in [-0.2, 0) is 6.42 Å². The number of hydrogen-bond acceptors (Lipinski definition) is 3. The number of carbonyl (C=O) groups excluding carboxylic acids is 2. The lowest BCUT2D eigenvalue weighted by Gasteiger charge is -2.21. The van der Waals surface area contributed by atoms with Crippen LogP contribution in [0.5, 0.6) is 0 Å². The molecule has 0 radical (unpaired) electrons. The monoisotopic (exact) mass is 454 g/mol. The third-order valence-electron chi connectivity index (χ3n) is 4.80. The molecule has 28 heavy (non-hydrogen) atoms. The molecule has 2 heterocycles. The van der Waals surface area contributed by atoms with Crippen molar-refractivity contribution in [3.05, 3.63) is 80.5 Å². The molecule has 6 heteroatoms. The summed E-state index contributed by atoms with van der Waals surface area (Å²) in [7, 11) is 0. The van der Waals surface area contributed by atoms with Gasteiger partial charge in [-0.05, 0) is 83.0 Å². The summed E-state index contributed by atoms with van der Waals surface area (Å²) in [4.78, 5) is 28.6. The normalized spacial score (nSPS) is 13.5. The highest BCUT2D eigenvalue weighted by molar-refractivity contribution is 9.10. The van der Waals surface area contributed by atoms with Crippen molar-refractivity contribution in [1.29, 1.82) is 0 Å². The number of nitrogens with zero attached hydrogens (tertiary/aromatic N) is 1. The summed E-state index contributed by atoms with van der Waals surface area (Å²) >= 11 is 5.11. The Morgan fingerprint density at radius 3 is 2.57 bits per heavy atom. The zero-order valence-corrected chi connectivity index (χ0v) is 17.6. The quantitative estimate of drug-likeness (QED) is 0.547. The number of amides is 2. The Hall–Kier alpha value is -2.44. The molecule has 0 saturated carbocycles. The van der Waals surface area contributed by atoms with Gasteiger partial charge in [-0.3, -0.25) is 9.59 Å². The number of fused-ring (bicyclic) bond motifs is 1. The smallest absolute Gasteiger partial charge is 0.258 e. The lowest BCUT2D eigenvalue weighted by Crippen LogP contribution is -2.31. The summed E-state index contributed by atoms with van der Waals surface area (Å²) in [6, 6.07) is 16.4. The second kappa shape index (κ2) is 8.29. The molecule has 0 saturated heterocycles. The van der Waals surface area contributed by atoms with Crippen molar-refractivity contribution in [2.45, 2.75) is 19.3 Å². The highest BCUT2D eigenvalue weighted by Crippen LogP contribution is 2.32. The van der Waals surface area contributed by atoms with E-state index in [0.717, 1.165) is 36.0 Å². The SMILES string of the molecule is O=C(Nc1ccc(C(=O)N2CCCCc3sccc32)cc1)c1ccccc1Br. The van der Waals surface area contributed by atoms with Gasteiger partial charge in [0.15, 0.2) is 0 Å². The van der Waals surface area contributed by atoms with Crippen LogP contribution < -0.4 is 10.2 Å². The Bertz CT molecular complexity index is 1010. The predicted octanol–water partition coefficient (Wildman–Crippen LogP) is 5.75. The van der Waals surface area contributed by atoms with Crippen molar-refractivity contribution in [3.8, 4) is 0 Å². The minimum atomic E-state index is -0.193. The second-order valence-corrected chi connectivity index (χ2v) is 8.51. The lowest BCUT2D eigenvalue weighted by molar-refractivity contribution is 0.0985. The largest absolute Gasteiger partial charge is 0.322 e. The summed E-state index contributed by atoms with van der Waals surface area (Å²) in [5.74, 6) is -0.188. The molecule has 1 N–H and O–H groups in total. The van der Waals surface area contributed by atoms with Gasteiger partial charge in [-0.25, -0.2) is 0 Å². The highest BCUT2D eigenvalue weighted by atomic mass is 79.9. The lowest BCUT2D eigenvalue weighted by atomic mass is 10.1. The van der Waals surface area contributed by atoms with Gasteiger partial charge in [-0.2, -0.15) is 0 Å². The van der Waals surface area contributed by atoms with Crippen LogP contribution >= 0.6 is 27.3 Å². The molecule has 0 atom stereocenters. The van der Waals surface area contributed by atoms with E-state index in [1.54, 1.807) is 41.7 Å². The van der Waals surface area contributed by atoms with Crippen molar-refractivity contribution < 1.29 is 9.59 Å². The summed E-state index contributed by atoms with van der Waals surface area (Å²) in [5.41, 5.74) is 2.89. The standard InChI is InChI=1S/C22H19BrN2O2S/c23-18-6-2-1-5-17(18)21(26)24-16-10-8-15(9-11-16)22(27)25-13-4-3-7-20-19(25)12-14-28-20/h1-2,5-6,8-12,14H,3-4,7,13H2,(H,24,26). The summed E-state index contributed by atoms with van der Waals surface area (Å²) in [6.45, 7) is 0.739. The molecule has 3 aromatic rings. The average molecular weight is 455 g/mol. The van der Waals surface area contributed by atoms with Gasteiger partial charge in [0.2, 0.25) is 0 Å². The maximum atomic E-state index is 13.0. The first-order valence-corrected chi connectivity index (χ1v) is 10.8. The third-order valence-corrected chi connectivity index (χ3v) is 6.46. The molecule has 4 nitrogen and oxygen atoms in total. The topological polar surface area (TPSA) is 49.4 Å². The van der Waals surface area contributed by atoms with Crippen molar-refractivity contribution in [2.24, 2.45) is 0 Å². The van der Waals surface area contributed by atoms with Gasteiger partial charge in [0.05, 0.1) is 11.3 Å². The third kappa shape index (κ3) is 3.88. The van der Waals surface area contributed by atoms with Gasteiger partial charge < -0.3 is 10.2 Å². The number of benzene rings is 2. The summed E-state index contributed by atoms with van der Waals surface area (Å²) in [5, 5.41) is 4.93. The summed E-state index contributed by atoms with van der Waals surface area (Å²) < 4.78 is 0.743. The van der Waals surface area contributed by atoms with Crippen LogP contribution in [0.3, 0.4) is 0 Å². The van der Waals surface area contributed by atoms with Gasteiger partial charge in [-0.15, -0.1) is 11.3 Å². The Morgan fingerprint density at radius 1 is 1.00 bits per heavy atom. The van der Waals surface area contributed by atoms with Gasteiger partial charge in [-0.1, -0.05) is 12.1 Å². The van der Waals surface area contributed by atoms with E-state index in [9.17, 15) is 9.59 Å². The Labute approximate surface area is 176 Å². The molecule has 142 valence electrons. The number of rotatable bonds is 3. The number of aryl methyl sites for hydroxylation is 1. The average Bonchev–Trinajstić information content (AvgIpc) is 3.07. The summed E-state index contributed by atoms with van der Waals surface area (Å²) in [6.07, 6.45) is 3.15. The van der Waals surface area contributed by atoms with E-state index in [2.05, 4.69) is 26.6 Å². The van der Waals surface area contributed by atoms with Gasteiger partial charge in [0.25, 0.3) is 11.8 Å². The molecule has 1 aliphatic heterocycles. The Morgan fingerprint density at radius 2 is 1.79 bits per heavy atom. The van der Waals surface area contributed by atoms with Crippen molar-refractivity contribution >= 4 is 50.5 Å². The van der Waals surface area contributed by atoms with E-state index in [1.165, 1.54) is 4.88 Å². The molecule has 2 aromatic carbocycles. The fraction of sp³-hybridized carbons (Fsp3) is 0.182. The van der Waals surface area contributed by atoms with Crippen molar-refractivity contribution in [1.82, 2.24) is 0 Å². The van der Waals surface area contributed by atoms with E-state index in [-0.39, 0.29) is 11.8 Å². The maximum absolute atomic E-state index is 13.0. The molecule has 0 bridgehead atoms. The van der Waals surface area contributed by atoms with Crippen LogP contribution in [0.4, 0.5) is 11.4 Å². The van der Waals surface area contributed by atoms with E-state index >= 15 is 0 Å². The second-order valence-electron chi connectivity index (χ2n) is 6.65. The maximum Gasteiger partial charge on any atom is 0.258 e. The first kappa shape index (κ1) is 18.9. The number of hydrogen-bond donors (Lipinski definition) is 1. The highest BCUT2D eigenvalue weighted by Gasteiger charge is 2.23. The van der Waals surface area contributed by atoms with Crippen LogP contribution in [0, 0.1) is 0 Å². The minimum Gasteiger partial charge on any atom is -0.322 e. The Balaban J connectivity index is 1.50. The number of thiophene rings is 1. The molecule has 0 spiro atoms. The zero-order valence-electron chi connectivity index (χ0n) is 15.2. The van der Waals surface area contributed by atoms with Crippen LogP contribution in [-0.4, -0.2) is 18.4 Å². The van der Waals surface area contributed by atoms with E-state index in [4.69, 9.17) is 0 Å². The van der Waals surface area contributed by atoms with Crippen LogP contribution in [0.15, 0.2) is 64.5 Å². The molecule has 1 aliphatic rings. The molecular formula is C22H19BrN2O2S. The first-order chi connectivity index (χ1) is 13.6. The van der Waals surface area contributed by atoms with Gasteiger partial charge in [0, 0.05) is 27.1 Å². The minimum absolute atomic E-state index is 0.00484. The molecule has 2 amide bonds. The fourth-order valence-corrected chi connectivity index (χ4v) is 4.73. The van der Waals surface area contributed by atoms with Crippen LogP contribution in [0.1, 0.15) is 38.4 Å². The predicted molar refractivity (Wildman–Crippen MR) is 117 cm³/mol. The Kier molecular flexibility index (Phi) is 5.59. The van der Waals surface area contributed by atoms with E-state index in [0.29, 0.717) is 16.8 Å². The zero-order chi connectivity index (χ0) is 19.5. The number of halogens is 1. The molecule has 0 fully saturated rings. The van der Waals surface area contributed by atoms with E-state index in [1.807, 2.05) is 29.2 Å². The van der Waals surface area contributed by atoms with Crippen molar-refractivity contribution in [3.63, 3.8) is 0 Å². The molecular weight excluding hydrogens is 436 g/mol. The number of nitrogens with one attached hydrogen (secondary N) is 1. The van der Waals surface area contributed by atoms with Crippen molar-refractivity contribution in [2.75, 3.05) is 16.8 Å². The molecule has 4 rings (SSSR count). The number of carbonyl (C=O) groups is 2. The van der Waals surface area contributed by atoms with Gasteiger partial charge in [0.1, 0.15) is 0 Å². The molecule has 0 unspecified atom stereocenters. The number of anilines is 2.